The second-order valence-corrected chi connectivity index (χ2v) is 6.66. The summed E-state index contributed by atoms with van der Waals surface area (Å²) in [5.74, 6) is 4.54. The van der Waals surface area contributed by atoms with E-state index in [2.05, 4.69) is 39.4 Å². The summed E-state index contributed by atoms with van der Waals surface area (Å²) >= 11 is 0. The number of fused-ring (bicyclic) bond motifs is 1. The molecule has 118 valence electrons. The Balaban J connectivity index is 1.35. The van der Waals surface area contributed by atoms with Crippen molar-refractivity contribution in [2.24, 2.45) is 0 Å². The molecule has 0 amide bonds. The Kier molecular flexibility index (Phi) is 3.44. The zero-order valence-corrected chi connectivity index (χ0v) is 13.1. The maximum Gasteiger partial charge on any atom is 0.240 e. The lowest BCUT2D eigenvalue weighted by Gasteiger charge is -2.22. The zero-order valence-electron chi connectivity index (χ0n) is 13.1. The van der Waals surface area contributed by atoms with E-state index < -0.39 is 0 Å². The van der Waals surface area contributed by atoms with E-state index in [0.717, 1.165) is 36.9 Å². The van der Waals surface area contributed by atoms with Crippen LogP contribution in [0.15, 0.2) is 4.52 Å². The highest BCUT2D eigenvalue weighted by atomic mass is 16.5. The lowest BCUT2D eigenvalue weighted by Crippen LogP contribution is -2.37. The molecule has 1 aliphatic heterocycles. The van der Waals surface area contributed by atoms with Crippen LogP contribution in [0.3, 0.4) is 0 Å². The van der Waals surface area contributed by atoms with Crippen LogP contribution in [-0.4, -0.2) is 30.9 Å². The van der Waals surface area contributed by atoms with Gasteiger partial charge in [-0.3, -0.25) is 0 Å². The average Bonchev–Trinajstić information content (AvgIpc) is 3.10. The summed E-state index contributed by atoms with van der Waals surface area (Å²) < 4.78 is 7.35. The van der Waals surface area contributed by atoms with Gasteiger partial charge in [0.05, 0.1) is 13.1 Å². The molecule has 1 fully saturated rings. The Labute approximate surface area is 129 Å². The van der Waals surface area contributed by atoms with Crippen molar-refractivity contribution in [3.05, 3.63) is 23.4 Å². The van der Waals surface area contributed by atoms with E-state index in [0.29, 0.717) is 30.3 Å². The average molecular weight is 302 g/mol. The number of aromatic nitrogens is 5. The van der Waals surface area contributed by atoms with Crippen LogP contribution < -0.4 is 5.32 Å². The van der Waals surface area contributed by atoms with E-state index in [1.807, 2.05) is 4.68 Å². The Morgan fingerprint density at radius 1 is 1.27 bits per heavy atom. The molecule has 0 aromatic carbocycles. The van der Waals surface area contributed by atoms with Crippen molar-refractivity contribution in [1.29, 1.82) is 0 Å². The second kappa shape index (κ2) is 5.46. The molecular weight excluding hydrogens is 280 g/mol. The van der Waals surface area contributed by atoms with E-state index in [-0.39, 0.29) is 0 Å². The van der Waals surface area contributed by atoms with Gasteiger partial charge >= 0.3 is 0 Å². The molecule has 4 rings (SSSR count). The number of nitrogens with one attached hydrogen (secondary N) is 1. The van der Waals surface area contributed by atoms with Crippen molar-refractivity contribution in [3.8, 4) is 0 Å². The van der Waals surface area contributed by atoms with Crippen molar-refractivity contribution < 1.29 is 4.52 Å². The van der Waals surface area contributed by atoms with E-state index in [9.17, 15) is 0 Å². The van der Waals surface area contributed by atoms with Gasteiger partial charge in [0.2, 0.25) is 5.89 Å². The summed E-state index contributed by atoms with van der Waals surface area (Å²) in [4.78, 5) is 9.07. The molecule has 7 nitrogen and oxygen atoms in total. The second-order valence-electron chi connectivity index (χ2n) is 6.66. The summed E-state index contributed by atoms with van der Waals surface area (Å²) in [6.45, 7) is 5.75. The van der Waals surface area contributed by atoms with Crippen molar-refractivity contribution in [1.82, 2.24) is 30.2 Å². The molecule has 2 aromatic heterocycles. The predicted molar refractivity (Wildman–Crippen MR) is 79.3 cm³/mol. The first kappa shape index (κ1) is 13.9. The quantitative estimate of drug-likeness (QED) is 0.906. The lowest BCUT2D eigenvalue weighted by molar-refractivity contribution is 0.319. The molecule has 1 N–H and O–H groups in total. The molecule has 2 aromatic rings. The Hall–Kier alpha value is -1.76. The third kappa shape index (κ3) is 2.77. The van der Waals surface area contributed by atoms with Crippen molar-refractivity contribution in [3.63, 3.8) is 0 Å². The summed E-state index contributed by atoms with van der Waals surface area (Å²) in [7, 11) is 0. The van der Waals surface area contributed by atoms with Crippen LogP contribution in [0, 0.1) is 0 Å². The molecule has 22 heavy (non-hydrogen) atoms. The molecule has 3 heterocycles. The van der Waals surface area contributed by atoms with E-state index in [1.165, 1.54) is 12.8 Å². The van der Waals surface area contributed by atoms with Crippen molar-refractivity contribution in [2.45, 2.75) is 70.5 Å². The SMILES string of the molecule is CC(C)c1nc2n(n1)C[C@H](NCc1nc(C3CC3)no1)CC2. The maximum absolute atomic E-state index is 5.30. The minimum atomic E-state index is 0.378. The van der Waals surface area contributed by atoms with Crippen molar-refractivity contribution in [2.75, 3.05) is 0 Å². The smallest absolute Gasteiger partial charge is 0.240 e. The van der Waals surface area contributed by atoms with Crippen LogP contribution in [0.5, 0.6) is 0 Å². The molecule has 0 saturated heterocycles. The van der Waals surface area contributed by atoms with E-state index >= 15 is 0 Å². The minimum Gasteiger partial charge on any atom is -0.338 e. The Morgan fingerprint density at radius 3 is 2.91 bits per heavy atom. The fourth-order valence-electron chi connectivity index (χ4n) is 2.82. The molecule has 1 saturated carbocycles. The highest BCUT2D eigenvalue weighted by Gasteiger charge is 2.29. The molecule has 0 spiro atoms. The van der Waals surface area contributed by atoms with Crippen LogP contribution in [0.25, 0.3) is 0 Å². The van der Waals surface area contributed by atoms with Gasteiger partial charge in [0.1, 0.15) is 5.82 Å². The Bertz CT molecular complexity index is 657. The highest BCUT2D eigenvalue weighted by molar-refractivity contribution is 5.04. The van der Waals surface area contributed by atoms with E-state index in [4.69, 9.17) is 4.52 Å². The number of rotatable bonds is 5. The summed E-state index contributed by atoms with van der Waals surface area (Å²) in [5, 5.41) is 12.2. The predicted octanol–water partition coefficient (Wildman–Crippen LogP) is 1.77. The number of nitrogens with zero attached hydrogens (tertiary/aromatic N) is 5. The van der Waals surface area contributed by atoms with Gasteiger partial charge in [0.25, 0.3) is 0 Å². The first-order chi connectivity index (χ1) is 10.7. The normalized spacial score (nSPS) is 21.3. The summed E-state index contributed by atoms with van der Waals surface area (Å²) in [6.07, 6.45) is 4.43. The molecule has 1 atom stereocenters. The molecule has 7 heteroatoms. The van der Waals surface area contributed by atoms with Gasteiger partial charge in [-0.1, -0.05) is 19.0 Å². The first-order valence-corrected chi connectivity index (χ1v) is 8.18. The third-order valence-electron chi connectivity index (χ3n) is 4.36. The van der Waals surface area contributed by atoms with Gasteiger partial charge in [0, 0.05) is 24.3 Å². The van der Waals surface area contributed by atoms with Gasteiger partial charge in [-0.05, 0) is 19.3 Å². The van der Waals surface area contributed by atoms with Crippen LogP contribution in [-0.2, 0) is 19.5 Å². The Morgan fingerprint density at radius 2 is 2.14 bits per heavy atom. The number of hydrogen-bond acceptors (Lipinski definition) is 6. The number of aryl methyl sites for hydroxylation is 1. The van der Waals surface area contributed by atoms with Gasteiger partial charge < -0.3 is 9.84 Å². The lowest BCUT2D eigenvalue weighted by atomic mass is 10.1. The van der Waals surface area contributed by atoms with Crippen LogP contribution >= 0.6 is 0 Å². The maximum atomic E-state index is 5.30. The monoisotopic (exact) mass is 302 g/mol. The largest absolute Gasteiger partial charge is 0.338 e. The highest BCUT2D eigenvalue weighted by Crippen LogP contribution is 2.38. The minimum absolute atomic E-state index is 0.378. The van der Waals surface area contributed by atoms with E-state index in [1.54, 1.807) is 0 Å². The molecule has 0 bridgehead atoms. The zero-order chi connectivity index (χ0) is 15.1. The summed E-state index contributed by atoms with van der Waals surface area (Å²) in [6, 6.07) is 0.380. The molecule has 0 radical (unpaired) electrons. The molecule has 2 aliphatic rings. The van der Waals surface area contributed by atoms with Gasteiger partial charge in [-0.2, -0.15) is 10.1 Å². The van der Waals surface area contributed by atoms with Crippen LogP contribution in [0.2, 0.25) is 0 Å². The van der Waals surface area contributed by atoms with Gasteiger partial charge in [0.15, 0.2) is 11.6 Å². The number of hydrogen-bond donors (Lipinski definition) is 1. The topological polar surface area (TPSA) is 81.7 Å². The first-order valence-electron chi connectivity index (χ1n) is 8.18. The van der Waals surface area contributed by atoms with Crippen LogP contribution in [0.4, 0.5) is 0 Å². The fourth-order valence-corrected chi connectivity index (χ4v) is 2.82. The molecular formula is C15H22N6O. The summed E-state index contributed by atoms with van der Waals surface area (Å²) in [5.41, 5.74) is 0. The molecule has 0 unspecified atom stereocenters. The van der Waals surface area contributed by atoms with Crippen LogP contribution in [0.1, 0.15) is 68.3 Å². The fraction of sp³-hybridized carbons (Fsp3) is 0.733. The standard InChI is InChI=1S/C15H22N6O/c1-9(2)14-17-12-6-5-11(8-21(12)19-14)16-7-13-18-15(20-22-13)10-3-4-10/h9-11,16H,3-8H2,1-2H3/t11-/m1/s1. The van der Waals surface area contributed by atoms with Gasteiger partial charge in [-0.25, -0.2) is 9.67 Å². The van der Waals surface area contributed by atoms with Gasteiger partial charge in [-0.15, -0.1) is 0 Å². The third-order valence-corrected chi connectivity index (χ3v) is 4.36. The van der Waals surface area contributed by atoms with Crippen molar-refractivity contribution >= 4 is 0 Å². The molecule has 1 aliphatic carbocycles.